The first-order valence-corrected chi connectivity index (χ1v) is 10.9. The molecule has 3 rings (SSSR count). The largest absolute Gasteiger partial charge is 0.481 e. The van der Waals surface area contributed by atoms with Crippen LogP contribution in [0.5, 0.6) is 5.75 Å². The first kappa shape index (κ1) is 19.9. The maximum absolute atomic E-state index is 12.7. The van der Waals surface area contributed by atoms with Gasteiger partial charge in [0.1, 0.15) is 5.75 Å². The van der Waals surface area contributed by atoms with Crippen LogP contribution >= 0.6 is 15.9 Å². The highest BCUT2D eigenvalue weighted by atomic mass is 79.9. The topological polar surface area (TPSA) is 66.9 Å². The van der Waals surface area contributed by atoms with E-state index in [4.69, 9.17) is 4.74 Å². The van der Waals surface area contributed by atoms with E-state index in [0.717, 1.165) is 4.47 Å². The third kappa shape index (κ3) is 4.69. The molecule has 1 saturated heterocycles. The van der Waals surface area contributed by atoms with Gasteiger partial charge in [-0.3, -0.25) is 4.79 Å². The normalized spacial score (nSPS) is 16.7. The van der Waals surface area contributed by atoms with Gasteiger partial charge in [-0.15, -0.1) is 0 Å². The van der Waals surface area contributed by atoms with E-state index < -0.39 is 16.1 Å². The van der Waals surface area contributed by atoms with Crippen LogP contribution in [0.2, 0.25) is 0 Å². The van der Waals surface area contributed by atoms with Gasteiger partial charge in [0.2, 0.25) is 10.0 Å². The molecule has 0 N–H and O–H groups in total. The Morgan fingerprint density at radius 1 is 1.00 bits per heavy atom. The minimum Gasteiger partial charge on any atom is -0.481 e. The van der Waals surface area contributed by atoms with Gasteiger partial charge >= 0.3 is 0 Å². The second-order valence-electron chi connectivity index (χ2n) is 6.26. The second-order valence-corrected chi connectivity index (χ2v) is 9.11. The van der Waals surface area contributed by atoms with E-state index in [-0.39, 0.29) is 23.9 Å². The predicted molar refractivity (Wildman–Crippen MR) is 106 cm³/mol. The number of carbonyl (C=O) groups excluding carboxylic acids is 1. The van der Waals surface area contributed by atoms with Crippen LogP contribution in [0.1, 0.15) is 6.92 Å². The summed E-state index contributed by atoms with van der Waals surface area (Å²) in [6, 6.07) is 15.6. The highest BCUT2D eigenvalue weighted by molar-refractivity contribution is 9.10. The molecule has 1 aliphatic heterocycles. The van der Waals surface area contributed by atoms with Gasteiger partial charge in [0, 0.05) is 30.7 Å². The van der Waals surface area contributed by atoms with Crippen molar-refractivity contribution in [2.45, 2.75) is 17.9 Å². The van der Waals surface area contributed by atoms with E-state index in [1.54, 1.807) is 54.3 Å². The van der Waals surface area contributed by atoms with Crippen LogP contribution in [-0.2, 0) is 14.8 Å². The quantitative estimate of drug-likeness (QED) is 0.699. The van der Waals surface area contributed by atoms with E-state index in [9.17, 15) is 13.2 Å². The molecule has 1 heterocycles. The summed E-state index contributed by atoms with van der Waals surface area (Å²) >= 11 is 3.36. The van der Waals surface area contributed by atoms with Gasteiger partial charge in [-0.2, -0.15) is 4.31 Å². The number of sulfonamides is 1. The summed E-state index contributed by atoms with van der Waals surface area (Å²) < 4.78 is 33.4. The lowest BCUT2D eigenvalue weighted by molar-refractivity contribution is -0.139. The van der Waals surface area contributed by atoms with E-state index in [1.807, 2.05) is 12.1 Å². The number of rotatable bonds is 5. The molecule has 0 saturated carbocycles. The van der Waals surface area contributed by atoms with Crippen LogP contribution in [0, 0.1) is 0 Å². The highest BCUT2D eigenvalue weighted by Crippen LogP contribution is 2.20. The van der Waals surface area contributed by atoms with Crippen LogP contribution in [0.25, 0.3) is 0 Å². The molecule has 1 unspecified atom stereocenters. The Balaban J connectivity index is 1.58. The van der Waals surface area contributed by atoms with E-state index in [0.29, 0.717) is 18.8 Å². The standard InChI is InChI=1S/C19H21BrN2O4S/c1-15(26-17-9-7-16(20)8-10-17)19(23)21-11-13-22(14-12-21)27(24,25)18-5-3-2-4-6-18/h2-10,15H,11-14H2,1H3. The molecule has 1 fully saturated rings. The molecule has 8 heteroatoms. The van der Waals surface area contributed by atoms with E-state index in [1.165, 1.54) is 4.31 Å². The lowest BCUT2D eigenvalue weighted by Crippen LogP contribution is -2.53. The summed E-state index contributed by atoms with van der Waals surface area (Å²) in [5.74, 6) is 0.471. The molecule has 1 atom stereocenters. The Morgan fingerprint density at radius 3 is 2.19 bits per heavy atom. The molecule has 1 aliphatic rings. The smallest absolute Gasteiger partial charge is 0.263 e. The van der Waals surface area contributed by atoms with Crippen molar-refractivity contribution in [1.29, 1.82) is 0 Å². The molecule has 0 bridgehead atoms. The second kappa shape index (κ2) is 8.41. The summed E-state index contributed by atoms with van der Waals surface area (Å²) in [4.78, 5) is 14.5. The molecular formula is C19H21BrN2O4S. The Labute approximate surface area is 167 Å². The summed E-state index contributed by atoms with van der Waals surface area (Å²) in [6.07, 6.45) is -0.636. The van der Waals surface area contributed by atoms with Gasteiger partial charge in [-0.25, -0.2) is 8.42 Å². The number of benzene rings is 2. The molecular weight excluding hydrogens is 432 g/mol. The third-order valence-corrected chi connectivity index (χ3v) is 6.85. The molecule has 0 aliphatic carbocycles. The fourth-order valence-electron chi connectivity index (χ4n) is 2.92. The minimum atomic E-state index is -3.52. The Morgan fingerprint density at radius 2 is 1.59 bits per heavy atom. The molecule has 2 aromatic rings. The zero-order chi connectivity index (χ0) is 19.4. The number of ether oxygens (including phenoxy) is 1. The first-order valence-electron chi connectivity index (χ1n) is 8.64. The van der Waals surface area contributed by atoms with E-state index in [2.05, 4.69) is 15.9 Å². The van der Waals surface area contributed by atoms with Crippen LogP contribution in [0.3, 0.4) is 0 Å². The number of nitrogens with zero attached hydrogens (tertiary/aromatic N) is 2. The van der Waals surface area contributed by atoms with Crippen molar-refractivity contribution in [1.82, 2.24) is 9.21 Å². The number of hydrogen-bond acceptors (Lipinski definition) is 4. The van der Waals surface area contributed by atoms with Gasteiger partial charge in [-0.05, 0) is 43.3 Å². The minimum absolute atomic E-state index is 0.144. The average Bonchev–Trinajstić information content (AvgIpc) is 2.70. The first-order chi connectivity index (χ1) is 12.9. The van der Waals surface area contributed by atoms with Crippen LogP contribution < -0.4 is 4.74 Å². The molecule has 144 valence electrons. The van der Waals surface area contributed by atoms with Gasteiger partial charge < -0.3 is 9.64 Å². The lowest BCUT2D eigenvalue weighted by atomic mass is 10.3. The molecule has 1 amide bonds. The number of piperazine rings is 1. The van der Waals surface area contributed by atoms with Crippen molar-refractivity contribution in [2.75, 3.05) is 26.2 Å². The van der Waals surface area contributed by atoms with Gasteiger partial charge in [-0.1, -0.05) is 34.1 Å². The number of hydrogen-bond donors (Lipinski definition) is 0. The van der Waals surface area contributed by atoms with Crippen molar-refractivity contribution in [3.8, 4) is 5.75 Å². The van der Waals surface area contributed by atoms with Crippen molar-refractivity contribution < 1.29 is 17.9 Å². The zero-order valence-corrected chi connectivity index (χ0v) is 17.3. The van der Waals surface area contributed by atoms with Crippen LogP contribution in [-0.4, -0.2) is 55.8 Å². The summed E-state index contributed by atoms with van der Waals surface area (Å²) in [5, 5.41) is 0. The maximum atomic E-state index is 12.7. The van der Waals surface area contributed by atoms with Crippen molar-refractivity contribution in [3.05, 3.63) is 59.1 Å². The van der Waals surface area contributed by atoms with Crippen LogP contribution in [0.4, 0.5) is 0 Å². The Kier molecular flexibility index (Phi) is 6.18. The van der Waals surface area contributed by atoms with Crippen molar-refractivity contribution in [3.63, 3.8) is 0 Å². The van der Waals surface area contributed by atoms with Crippen LogP contribution in [0.15, 0.2) is 64.0 Å². The molecule has 0 aromatic heterocycles. The van der Waals surface area contributed by atoms with Gasteiger partial charge in [0.25, 0.3) is 5.91 Å². The SMILES string of the molecule is CC(Oc1ccc(Br)cc1)C(=O)N1CCN(S(=O)(=O)c2ccccc2)CC1. The Bertz CT molecular complexity index is 880. The molecule has 6 nitrogen and oxygen atoms in total. The summed E-state index contributed by atoms with van der Waals surface area (Å²) in [7, 11) is -3.52. The number of carbonyl (C=O) groups is 1. The fraction of sp³-hybridized carbons (Fsp3) is 0.316. The zero-order valence-electron chi connectivity index (χ0n) is 14.9. The molecule has 2 aromatic carbocycles. The Hall–Kier alpha value is -1.90. The van der Waals surface area contributed by atoms with Gasteiger partial charge in [0.05, 0.1) is 4.90 Å². The maximum Gasteiger partial charge on any atom is 0.263 e. The van der Waals surface area contributed by atoms with Crippen molar-refractivity contribution in [2.24, 2.45) is 0 Å². The number of halogens is 1. The van der Waals surface area contributed by atoms with E-state index >= 15 is 0 Å². The third-order valence-electron chi connectivity index (χ3n) is 4.41. The molecule has 0 spiro atoms. The molecule has 27 heavy (non-hydrogen) atoms. The summed E-state index contributed by atoms with van der Waals surface area (Å²) in [5.41, 5.74) is 0. The monoisotopic (exact) mass is 452 g/mol. The average molecular weight is 453 g/mol. The molecule has 0 radical (unpaired) electrons. The van der Waals surface area contributed by atoms with Crippen molar-refractivity contribution >= 4 is 31.9 Å². The predicted octanol–water partition coefficient (Wildman–Crippen LogP) is 2.75. The summed E-state index contributed by atoms with van der Waals surface area (Å²) in [6.45, 7) is 2.94. The van der Waals surface area contributed by atoms with Gasteiger partial charge in [0.15, 0.2) is 6.10 Å². The lowest BCUT2D eigenvalue weighted by Gasteiger charge is -2.35. The number of amides is 1. The highest BCUT2D eigenvalue weighted by Gasteiger charge is 2.31. The fourth-order valence-corrected chi connectivity index (χ4v) is 4.62.